The van der Waals surface area contributed by atoms with Gasteiger partial charge in [-0.15, -0.1) is 0 Å². The molecule has 30 heavy (non-hydrogen) atoms. The summed E-state index contributed by atoms with van der Waals surface area (Å²) in [6.45, 7) is 1.56. The molecule has 158 valence electrons. The monoisotopic (exact) mass is 451 g/mol. The van der Waals surface area contributed by atoms with Crippen LogP contribution < -0.4 is 15.0 Å². The molecule has 10 heteroatoms. The van der Waals surface area contributed by atoms with Crippen LogP contribution in [-0.4, -0.2) is 42.5 Å². The number of pyridine rings is 1. The van der Waals surface area contributed by atoms with Gasteiger partial charge in [-0.2, -0.15) is 0 Å². The minimum absolute atomic E-state index is 0.0181. The van der Waals surface area contributed by atoms with E-state index in [2.05, 4.69) is 10.3 Å². The van der Waals surface area contributed by atoms with E-state index < -0.39 is 23.9 Å². The summed E-state index contributed by atoms with van der Waals surface area (Å²) in [6, 6.07) is 8.47. The van der Waals surface area contributed by atoms with E-state index in [1.54, 1.807) is 24.3 Å². The third-order valence-electron chi connectivity index (χ3n) is 4.55. The predicted octanol–water partition coefficient (Wildman–Crippen LogP) is 3.32. The number of aromatic nitrogens is 1. The van der Waals surface area contributed by atoms with Crippen molar-refractivity contribution >= 4 is 52.5 Å². The number of halogens is 2. The number of benzene rings is 1. The molecule has 1 aliphatic heterocycles. The molecular formula is C20H19Cl2N3O5. The lowest BCUT2D eigenvalue weighted by molar-refractivity contribution is -0.157. The van der Waals surface area contributed by atoms with E-state index >= 15 is 0 Å². The minimum Gasteiger partial charge on any atom is -0.495 e. The average Bonchev–Trinajstić information content (AvgIpc) is 3.11. The van der Waals surface area contributed by atoms with Gasteiger partial charge in [0.1, 0.15) is 5.75 Å². The van der Waals surface area contributed by atoms with Gasteiger partial charge in [0.25, 0.3) is 5.91 Å². The average molecular weight is 452 g/mol. The Morgan fingerprint density at radius 2 is 2.03 bits per heavy atom. The number of esters is 1. The van der Waals surface area contributed by atoms with Gasteiger partial charge in [-0.05, 0) is 25.1 Å². The van der Waals surface area contributed by atoms with E-state index in [0.717, 1.165) is 0 Å². The van der Waals surface area contributed by atoms with Gasteiger partial charge in [0, 0.05) is 19.2 Å². The van der Waals surface area contributed by atoms with Gasteiger partial charge in [-0.3, -0.25) is 14.4 Å². The van der Waals surface area contributed by atoms with Crippen LogP contribution in [0.25, 0.3) is 0 Å². The molecule has 8 nitrogen and oxygen atoms in total. The fraction of sp³-hybridized carbons (Fsp3) is 0.300. The van der Waals surface area contributed by atoms with Gasteiger partial charge in [-0.1, -0.05) is 35.3 Å². The molecule has 0 aliphatic carbocycles. The summed E-state index contributed by atoms with van der Waals surface area (Å²) in [5, 5.41) is 2.96. The number of rotatable bonds is 6. The fourth-order valence-corrected chi connectivity index (χ4v) is 3.43. The van der Waals surface area contributed by atoms with Crippen LogP contribution in [-0.2, 0) is 19.1 Å². The number of ether oxygens (including phenoxy) is 2. The first-order valence-electron chi connectivity index (χ1n) is 9.06. The standard InChI is InChI=1S/C20H19Cl2N3O5/c1-11(19(27)24-18-14(22)8-13(21)9-23-18)30-20(28)12-7-17(26)25(10-12)15-5-3-4-6-16(15)29-2/h3-6,8-9,11-12H,7,10H2,1-2H3,(H,23,24,27)/t11-,12-/m1/s1. The molecular weight excluding hydrogens is 433 g/mol. The highest BCUT2D eigenvalue weighted by molar-refractivity contribution is 6.36. The number of nitrogens with one attached hydrogen (secondary N) is 1. The zero-order valence-corrected chi connectivity index (χ0v) is 17.7. The molecule has 2 atom stereocenters. The van der Waals surface area contributed by atoms with Gasteiger partial charge in [0.15, 0.2) is 11.9 Å². The third kappa shape index (κ3) is 4.83. The molecule has 0 bridgehead atoms. The summed E-state index contributed by atoms with van der Waals surface area (Å²) in [5.41, 5.74) is 0.578. The topological polar surface area (TPSA) is 97.8 Å². The minimum atomic E-state index is -1.11. The molecule has 0 radical (unpaired) electrons. The molecule has 2 aromatic rings. The summed E-state index contributed by atoms with van der Waals surface area (Å²) >= 11 is 11.8. The quantitative estimate of drug-likeness (QED) is 0.676. The van der Waals surface area contributed by atoms with E-state index in [9.17, 15) is 14.4 Å². The van der Waals surface area contributed by atoms with Crippen LogP contribution >= 0.6 is 23.2 Å². The number of hydrogen-bond acceptors (Lipinski definition) is 6. The van der Waals surface area contributed by atoms with E-state index in [0.29, 0.717) is 16.5 Å². The molecule has 0 spiro atoms. The second kappa shape index (κ2) is 9.32. The fourth-order valence-electron chi connectivity index (χ4n) is 3.00. The summed E-state index contributed by atoms with van der Waals surface area (Å²) in [4.78, 5) is 42.7. The van der Waals surface area contributed by atoms with Crippen LogP contribution in [0, 0.1) is 5.92 Å². The molecule has 1 N–H and O–H groups in total. The van der Waals surface area contributed by atoms with E-state index in [-0.39, 0.29) is 29.7 Å². The Morgan fingerprint density at radius 1 is 1.30 bits per heavy atom. The van der Waals surface area contributed by atoms with Crippen molar-refractivity contribution in [2.24, 2.45) is 5.92 Å². The molecule has 1 aromatic heterocycles. The Balaban J connectivity index is 1.61. The zero-order valence-electron chi connectivity index (χ0n) is 16.2. The van der Waals surface area contributed by atoms with E-state index in [1.165, 1.54) is 31.2 Å². The van der Waals surface area contributed by atoms with Crippen LogP contribution in [0.4, 0.5) is 11.5 Å². The third-order valence-corrected chi connectivity index (χ3v) is 5.04. The summed E-state index contributed by atoms with van der Waals surface area (Å²) < 4.78 is 10.5. The lowest BCUT2D eigenvalue weighted by Crippen LogP contribution is -2.33. The normalized spacial score (nSPS) is 16.9. The molecule has 1 fully saturated rings. The van der Waals surface area contributed by atoms with Crippen LogP contribution in [0.1, 0.15) is 13.3 Å². The van der Waals surface area contributed by atoms with Crippen molar-refractivity contribution in [2.75, 3.05) is 23.9 Å². The smallest absolute Gasteiger partial charge is 0.312 e. The lowest BCUT2D eigenvalue weighted by Gasteiger charge is -2.20. The number of hydrogen-bond donors (Lipinski definition) is 1. The maximum atomic E-state index is 12.5. The van der Waals surface area contributed by atoms with Crippen molar-refractivity contribution in [2.45, 2.75) is 19.4 Å². The van der Waals surface area contributed by atoms with Crippen molar-refractivity contribution < 1.29 is 23.9 Å². The summed E-state index contributed by atoms with van der Waals surface area (Å²) in [5.74, 6) is -1.54. The van der Waals surface area contributed by atoms with Gasteiger partial charge in [-0.25, -0.2) is 4.98 Å². The molecule has 2 heterocycles. The predicted molar refractivity (Wildman–Crippen MR) is 112 cm³/mol. The van der Waals surface area contributed by atoms with Crippen molar-refractivity contribution in [1.82, 2.24) is 4.98 Å². The Bertz CT molecular complexity index is 985. The lowest BCUT2D eigenvalue weighted by atomic mass is 10.1. The first-order valence-corrected chi connectivity index (χ1v) is 9.81. The largest absolute Gasteiger partial charge is 0.495 e. The Kier molecular flexibility index (Phi) is 6.79. The van der Waals surface area contributed by atoms with Gasteiger partial charge in [0.05, 0.1) is 28.8 Å². The number of carbonyl (C=O) groups is 3. The van der Waals surface area contributed by atoms with Crippen LogP contribution in [0.15, 0.2) is 36.5 Å². The van der Waals surface area contributed by atoms with Crippen molar-refractivity contribution in [1.29, 1.82) is 0 Å². The van der Waals surface area contributed by atoms with Crippen molar-refractivity contribution in [3.05, 3.63) is 46.6 Å². The molecule has 1 saturated heterocycles. The van der Waals surface area contributed by atoms with Gasteiger partial charge >= 0.3 is 5.97 Å². The van der Waals surface area contributed by atoms with Crippen molar-refractivity contribution in [3.8, 4) is 5.75 Å². The SMILES string of the molecule is COc1ccccc1N1C[C@H](C(=O)O[C@H](C)C(=O)Nc2ncc(Cl)cc2Cl)CC1=O. The maximum Gasteiger partial charge on any atom is 0.312 e. The number of anilines is 2. The van der Waals surface area contributed by atoms with E-state index in [1.807, 2.05) is 0 Å². The highest BCUT2D eigenvalue weighted by atomic mass is 35.5. The Hall–Kier alpha value is -2.84. The Labute approximate surface area is 183 Å². The van der Waals surface area contributed by atoms with Crippen LogP contribution in [0.3, 0.4) is 0 Å². The maximum absolute atomic E-state index is 12.5. The Morgan fingerprint density at radius 3 is 2.73 bits per heavy atom. The zero-order chi connectivity index (χ0) is 21.8. The highest BCUT2D eigenvalue weighted by Gasteiger charge is 2.38. The molecule has 2 amide bonds. The van der Waals surface area contributed by atoms with E-state index in [4.69, 9.17) is 32.7 Å². The first-order chi connectivity index (χ1) is 14.3. The van der Waals surface area contributed by atoms with Crippen molar-refractivity contribution in [3.63, 3.8) is 0 Å². The first kappa shape index (κ1) is 21.9. The number of methoxy groups -OCH3 is 1. The molecule has 3 rings (SSSR count). The van der Waals surface area contributed by atoms with Crippen LogP contribution in [0.2, 0.25) is 10.0 Å². The highest BCUT2D eigenvalue weighted by Crippen LogP contribution is 2.33. The number of amides is 2. The van der Waals surface area contributed by atoms with Crippen LogP contribution in [0.5, 0.6) is 5.75 Å². The number of para-hydroxylation sites is 2. The molecule has 1 aliphatic rings. The summed E-state index contributed by atoms with van der Waals surface area (Å²) in [7, 11) is 1.51. The second-order valence-corrected chi connectivity index (χ2v) is 7.47. The summed E-state index contributed by atoms with van der Waals surface area (Å²) in [6.07, 6.45) is 0.202. The molecule has 0 unspecified atom stereocenters. The number of carbonyl (C=O) groups excluding carboxylic acids is 3. The molecule has 1 aromatic carbocycles. The van der Waals surface area contributed by atoms with Gasteiger partial charge < -0.3 is 19.7 Å². The second-order valence-electron chi connectivity index (χ2n) is 6.63. The van der Waals surface area contributed by atoms with Gasteiger partial charge in [0.2, 0.25) is 5.91 Å². The molecule has 0 saturated carbocycles. The number of nitrogens with zero attached hydrogens (tertiary/aromatic N) is 2.